The van der Waals surface area contributed by atoms with Gasteiger partial charge >= 0.3 is 0 Å². The van der Waals surface area contributed by atoms with E-state index in [4.69, 9.17) is 32.6 Å². The van der Waals surface area contributed by atoms with Crippen LogP contribution < -0.4 is 0 Å². The van der Waals surface area contributed by atoms with Gasteiger partial charge in [-0.05, 0) is 150 Å². The number of aromatic nitrogens is 8. The first-order valence-corrected chi connectivity index (χ1v) is 42.4. The third kappa shape index (κ3) is 12.5. The Bertz CT molecular complexity index is 8400. The molecule has 586 valence electrons. The maximum absolute atomic E-state index is 6.33. The van der Waals surface area contributed by atoms with Gasteiger partial charge in [-0.25, -0.2) is 24.9 Å². The van der Waals surface area contributed by atoms with Crippen molar-refractivity contribution in [3.63, 3.8) is 0 Å². The Morgan fingerprint density at radius 3 is 1.00 bits per heavy atom. The summed E-state index contributed by atoms with van der Waals surface area (Å²) in [4.78, 5) is 25.4. The van der Waals surface area contributed by atoms with Crippen molar-refractivity contribution < 1.29 is 17.7 Å². The molecule has 0 spiro atoms. The van der Waals surface area contributed by atoms with E-state index in [2.05, 4.69) is 281 Å². The number of hydrogen-bond donors (Lipinski definition) is 0. The topological polar surface area (TPSA) is 148 Å². The van der Waals surface area contributed by atoms with Gasteiger partial charge in [0.1, 0.15) is 10.8 Å². The van der Waals surface area contributed by atoms with E-state index in [1.165, 1.54) is 69.7 Å². The zero-order valence-electron chi connectivity index (χ0n) is 67.1. The van der Waals surface area contributed by atoms with Crippen molar-refractivity contribution in [1.29, 1.82) is 0 Å². The van der Waals surface area contributed by atoms with Gasteiger partial charge < -0.3 is 22.2 Å². The van der Waals surface area contributed by atoms with Crippen LogP contribution in [0.4, 0.5) is 0 Å². The maximum Gasteiger partial charge on any atom is 0.248 e. The smallest absolute Gasteiger partial charge is 0.248 e. The van der Waals surface area contributed by atoms with Gasteiger partial charge in [0.15, 0.2) is 17.3 Å². The molecule has 0 saturated carbocycles. The second-order valence-electron chi connectivity index (χ2n) is 31.4. The highest BCUT2D eigenvalue weighted by Crippen LogP contribution is 2.49. The van der Waals surface area contributed by atoms with E-state index in [1.807, 2.05) is 140 Å². The van der Waals surface area contributed by atoms with Crippen molar-refractivity contribution in [2.75, 3.05) is 0 Å². The van der Waals surface area contributed by atoms with Gasteiger partial charge in [-0.1, -0.05) is 334 Å². The molecule has 0 aliphatic heterocycles. The van der Waals surface area contributed by atoms with Crippen LogP contribution in [-0.2, 0) is 7.05 Å². The summed E-state index contributed by atoms with van der Waals surface area (Å²) in [6.45, 7) is 0. The highest BCUT2D eigenvalue weighted by atomic mass is 32.1. The third-order valence-corrected chi connectivity index (χ3v) is 25.3. The van der Waals surface area contributed by atoms with Crippen molar-refractivity contribution in [3.05, 3.63) is 395 Å². The third-order valence-electron chi connectivity index (χ3n) is 24.3. The predicted octanol–water partition coefficient (Wildman–Crippen LogP) is 30.1. The first-order valence-electron chi connectivity index (χ1n) is 41.6. The Balaban J connectivity index is 0.000000106. The zero-order valence-corrected chi connectivity index (χ0v) is 68.0. The monoisotopic (exact) mass is 1620 g/mol. The number of benzene rings is 20. The van der Waals surface area contributed by atoms with E-state index in [-0.39, 0.29) is 0 Å². The summed E-state index contributed by atoms with van der Waals surface area (Å²) < 4.78 is 27.4. The summed E-state index contributed by atoms with van der Waals surface area (Å²) in [7, 11) is 2.13. The highest BCUT2D eigenvalue weighted by molar-refractivity contribution is 7.18. The minimum atomic E-state index is 0.497. The van der Waals surface area contributed by atoms with E-state index in [9.17, 15) is 0 Å². The number of imidazole rings is 1. The molecule has 0 fully saturated rings. The Morgan fingerprint density at radius 1 is 0.240 bits per heavy atom. The number of thiazole rings is 1. The van der Waals surface area contributed by atoms with Crippen LogP contribution >= 0.6 is 11.3 Å². The van der Waals surface area contributed by atoms with Crippen molar-refractivity contribution in [3.8, 4) is 146 Å². The van der Waals surface area contributed by atoms with E-state index in [0.29, 0.717) is 29.5 Å². The van der Waals surface area contributed by atoms with Gasteiger partial charge in [-0.15, -0.1) is 21.5 Å². The van der Waals surface area contributed by atoms with Crippen molar-refractivity contribution in [2.24, 2.45) is 7.05 Å². The standard InChI is InChI=1S/C41H27N3O.C37H21N3O2.C34H20N2OS/c1-44-39(30-15-9-4-10-16-30)38(29-13-7-3-8-14-29)43-40(44)33-23-19-27-18-22-32-34(24-20-28-17-21-31(33)36(27)37(28)32)41-42-25-35(45-41)26-11-5-2-6-12-26;1-2-7-23(8-3-1)32-21-38-36(41-32)30-18-14-24-13-17-29-31(19-15-25-12-16-28(30)33(24)34(25)29)37-40-39-35(42-37)27-11-10-22-6-4-5-9-26(22)20-27;1-3-7-21(8-4-1)29-19-35-33(37-29)27-17-13-23-12-16-26-28(18-14-24-11-15-25(27)31(23)32(24)26)34-36-20-30(38-34)22-9-5-2-6-10-22/h2-25H,1H3;1-21H;1-20H. The molecular weight excluding hydrogens is 1550 g/mol. The minimum absolute atomic E-state index is 0.497. The summed E-state index contributed by atoms with van der Waals surface area (Å²) in [5.74, 6) is 6.07. The molecule has 13 heteroatoms. The molecule has 0 aliphatic carbocycles. The van der Waals surface area contributed by atoms with E-state index in [1.54, 1.807) is 17.5 Å². The molecule has 6 heterocycles. The van der Waals surface area contributed by atoms with Gasteiger partial charge in [0, 0.05) is 80.0 Å². The van der Waals surface area contributed by atoms with Crippen LogP contribution in [0, 0.1) is 0 Å². The fourth-order valence-corrected chi connectivity index (χ4v) is 19.3. The number of hydrogen-bond acceptors (Lipinski definition) is 12. The average Bonchev–Trinajstić information content (AvgIpc) is 1.34. The van der Waals surface area contributed by atoms with E-state index < -0.39 is 0 Å². The SMILES string of the molecule is Cn1c(-c2ccc3ccc4c(-c5ncc(-c6ccccc6)o5)ccc5ccc2c3c54)nc(-c2ccccc2)c1-c1ccccc1.c1ccc(-c2cnc(-c3ccc4ccc5c(-c6ncc(-c7ccccc7)s6)ccc6ccc3c4c65)o2)cc1.c1ccc(-c2cnc(-c3ccc4ccc5c(-c6nnc(-c7ccc8ccccc8c7)o6)ccc6ccc3c4c65)o2)cc1. The Hall–Kier alpha value is -16.6. The normalized spacial score (nSPS) is 11.7. The molecule has 0 unspecified atom stereocenters. The van der Waals surface area contributed by atoms with Crippen LogP contribution in [0.1, 0.15) is 0 Å². The molecule has 0 radical (unpaired) electrons. The van der Waals surface area contributed by atoms with Gasteiger partial charge in [0.05, 0.1) is 34.9 Å². The van der Waals surface area contributed by atoms with E-state index in [0.717, 1.165) is 155 Å². The second-order valence-corrected chi connectivity index (χ2v) is 32.5. The minimum Gasteiger partial charge on any atom is -0.436 e. The first-order chi connectivity index (χ1) is 61.9. The summed E-state index contributed by atoms with van der Waals surface area (Å²) in [6, 6.07) is 128. The fraction of sp³-hybridized carbons (Fsp3) is 0.00893. The largest absolute Gasteiger partial charge is 0.436 e. The quantitative estimate of drug-likeness (QED) is 0.102. The van der Waals surface area contributed by atoms with Gasteiger partial charge in [0.2, 0.25) is 29.5 Å². The molecule has 26 aromatic rings. The number of rotatable bonds is 13. The molecule has 12 nitrogen and oxygen atoms in total. The van der Waals surface area contributed by atoms with Crippen molar-refractivity contribution >= 4 is 119 Å². The Labute approximate surface area is 719 Å². The number of oxazole rings is 3. The molecule has 0 N–H and O–H groups in total. The van der Waals surface area contributed by atoms with Gasteiger partial charge in [0.25, 0.3) is 0 Å². The summed E-state index contributed by atoms with van der Waals surface area (Å²) >= 11 is 1.73. The molecule has 0 bridgehead atoms. The van der Waals surface area contributed by atoms with Gasteiger partial charge in [-0.2, -0.15) is 0 Å². The molecule has 125 heavy (non-hydrogen) atoms. The lowest BCUT2D eigenvalue weighted by molar-refractivity contribution is 0.585. The van der Waals surface area contributed by atoms with Crippen LogP contribution in [0.25, 0.3) is 254 Å². The summed E-state index contributed by atoms with van der Waals surface area (Å²) in [5, 5.41) is 33.4. The summed E-state index contributed by atoms with van der Waals surface area (Å²) in [5.41, 5.74) is 15.6. The number of fused-ring (bicyclic) bond motifs is 1. The molecule has 0 aliphatic rings. The molecule has 6 aromatic heterocycles. The molecular formula is C112H68N8O4S. The van der Waals surface area contributed by atoms with Crippen LogP contribution in [-0.4, -0.2) is 39.7 Å². The van der Waals surface area contributed by atoms with Crippen molar-refractivity contribution in [2.45, 2.75) is 0 Å². The first kappa shape index (κ1) is 72.4. The molecule has 26 rings (SSSR count). The fourth-order valence-electron chi connectivity index (χ4n) is 18.3. The Morgan fingerprint density at radius 2 is 0.568 bits per heavy atom. The maximum atomic E-state index is 6.33. The van der Waals surface area contributed by atoms with Crippen molar-refractivity contribution in [1.82, 2.24) is 39.7 Å². The highest BCUT2D eigenvalue weighted by Gasteiger charge is 2.27. The lowest BCUT2D eigenvalue weighted by atomic mass is 9.90. The second kappa shape index (κ2) is 30.0. The van der Waals surface area contributed by atoms with Crippen LogP contribution in [0.2, 0.25) is 0 Å². The summed E-state index contributed by atoms with van der Waals surface area (Å²) in [6.07, 6.45) is 7.41. The lowest BCUT2D eigenvalue weighted by Gasteiger charge is -2.15. The number of nitrogens with zero attached hydrogens (tertiary/aromatic N) is 8. The lowest BCUT2D eigenvalue weighted by Crippen LogP contribution is -1.97. The van der Waals surface area contributed by atoms with Crippen LogP contribution in [0.15, 0.2) is 413 Å². The molecule has 0 amide bonds. The predicted molar refractivity (Wildman–Crippen MR) is 509 cm³/mol. The van der Waals surface area contributed by atoms with E-state index >= 15 is 0 Å². The zero-order chi connectivity index (χ0) is 82.6. The van der Waals surface area contributed by atoms with Crippen LogP contribution in [0.3, 0.4) is 0 Å². The Kier molecular flexibility index (Phi) is 17.4. The van der Waals surface area contributed by atoms with Crippen LogP contribution in [0.5, 0.6) is 0 Å². The van der Waals surface area contributed by atoms with Gasteiger partial charge in [-0.3, -0.25) is 0 Å². The molecule has 0 saturated heterocycles. The molecule has 0 atom stereocenters. The molecule has 20 aromatic carbocycles. The average molecular weight is 1620 g/mol.